The number of nitrogens with zero attached hydrogens (tertiary/aromatic N) is 1. The normalized spacial score (nSPS) is 13.3. The minimum atomic E-state index is -0.630. The third-order valence-electron chi connectivity index (χ3n) is 3.52. The molecule has 0 atom stereocenters. The molecule has 0 aliphatic carbocycles. The molecule has 4 nitrogen and oxygen atoms in total. The molecule has 0 unspecified atom stereocenters. The molecule has 1 heterocycles. The van der Waals surface area contributed by atoms with Gasteiger partial charge in [0.2, 0.25) is 0 Å². The lowest BCUT2D eigenvalue weighted by Crippen LogP contribution is -2.21. The van der Waals surface area contributed by atoms with Gasteiger partial charge in [0.1, 0.15) is 5.82 Å². The van der Waals surface area contributed by atoms with Gasteiger partial charge >= 0.3 is 0 Å². The number of nitrogens with two attached hydrogens (primary N) is 2. The van der Waals surface area contributed by atoms with Crippen molar-refractivity contribution in [1.29, 1.82) is 0 Å². The van der Waals surface area contributed by atoms with E-state index in [0.29, 0.717) is 24.5 Å². The number of hydrogen-bond donors (Lipinski definition) is 2. The summed E-state index contributed by atoms with van der Waals surface area (Å²) in [6, 6.07) is 9.84. The SMILES string of the molecule is NC(=O)c1cc(F)ccc1N1Cc2ccc(N)cc2C1. The molecular weight excluding hydrogens is 257 g/mol. The summed E-state index contributed by atoms with van der Waals surface area (Å²) in [6.07, 6.45) is 0. The first-order valence-corrected chi connectivity index (χ1v) is 6.26. The molecule has 1 aliphatic heterocycles. The number of anilines is 2. The Labute approximate surface area is 115 Å². The Bertz CT molecular complexity index is 700. The molecule has 102 valence electrons. The zero-order chi connectivity index (χ0) is 14.3. The number of primary amides is 1. The third-order valence-corrected chi connectivity index (χ3v) is 3.52. The summed E-state index contributed by atoms with van der Waals surface area (Å²) >= 11 is 0. The van der Waals surface area contributed by atoms with Crippen LogP contribution >= 0.6 is 0 Å². The van der Waals surface area contributed by atoms with Crippen molar-refractivity contribution in [2.45, 2.75) is 13.1 Å². The molecule has 5 heteroatoms. The topological polar surface area (TPSA) is 72.4 Å². The van der Waals surface area contributed by atoms with E-state index in [1.807, 2.05) is 23.1 Å². The molecule has 1 amide bonds. The molecule has 0 fully saturated rings. The Morgan fingerprint density at radius 1 is 1.10 bits per heavy atom. The summed E-state index contributed by atoms with van der Waals surface area (Å²) < 4.78 is 13.3. The highest BCUT2D eigenvalue weighted by Crippen LogP contribution is 2.31. The van der Waals surface area contributed by atoms with Crippen LogP contribution < -0.4 is 16.4 Å². The molecule has 2 aromatic carbocycles. The fraction of sp³-hybridized carbons (Fsp3) is 0.133. The van der Waals surface area contributed by atoms with Crippen molar-refractivity contribution in [3.05, 3.63) is 58.9 Å². The van der Waals surface area contributed by atoms with E-state index in [1.165, 1.54) is 12.1 Å². The Kier molecular flexibility index (Phi) is 2.82. The molecule has 0 saturated heterocycles. The first kappa shape index (κ1) is 12.5. The maximum atomic E-state index is 13.3. The van der Waals surface area contributed by atoms with Gasteiger partial charge < -0.3 is 16.4 Å². The minimum Gasteiger partial charge on any atom is -0.399 e. The smallest absolute Gasteiger partial charge is 0.250 e. The lowest BCUT2D eigenvalue weighted by Gasteiger charge is -2.20. The van der Waals surface area contributed by atoms with E-state index in [2.05, 4.69) is 0 Å². The van der Waals surface area contributed by atoms with Gasteiger partial charge in [-0.3, -0.25) is 4.79 Å². The van der Waals surface area contributed by atoms with E-state index in [4.69, 9.17) is 11.5 Å². The monoisotopic (exact) mass is 271 g/mol. The second-order valence-corrected chi connectivity index (χ2v) is 4.91. The highest BCUT2D eigenvalue weighted by Gasteiger charge is 2.23. The van der Waals surface area contributed by atoms with Crippen LogP contribution in [-0.2, 0) is 13.1 Å². The van der Waals surface area contributed by atoms with Crippen LogP contribution in [0.15, 0.2) is 36.4 Å². The van der Waals surface area contributed by atoms with Crippen LogP contribution in [0.25, 0.3) is 0 Å². The van der Waals surface area contributed by atoms with Crippen LogP contribution in [0.5, 0.6) is 0 Å². The quantitative estimate of drug-likeness (QED) is 0.821. The Morgan fingerprint density at radius 2 is 1.85 bits per heavy atom. The molecule has 4 N–H and O–H groups in total. The highest BCUT2D eigenvalue weighted by atomic mass is 19.1. The van der Waals surface area contributed by atoms with E-state index in [0.717, 1.165) is 11.1 Å². The number of amides is 1. The third kappa shape index (κ3) is 2.07. The second kappa shape index (κ2) is 4.52. The summed E-state index contributed by atoms with van der Waals surface area (Å²) in [5.74, 6) is -1.10. The van der Waals surface area contributed by atoms with E-state index in [1.54, 1.807) is 6.07 Å². The first-order chi connectivity index (χ1) is 9.54. The van der Waals surface area contributed by atoms with E-state index < -0.39 is 11.7 Å². The van der Waals surface area contributed by atoms with Crippen molar-refractivity contribution in [3.8, 4) is 0 Å². The van der Waals surface area contributed by atoms with Crippen molar-refractivity contribution in [2.24, 2.45) is 5.73 Å². The summed E-state index contributed by atoms with van der Waals surface area (Å²) in [7, 11) is 0. The molecule has 3 rings (SSSR count). The lowest BCUT2D eigenvalue weighted by atomic mass is 10.1. The van der Waals surface area contributed by atoms with Crippen molar-refractivity contribution >= 4 is 17.3 Å². The Balaban J connectivity index is 1.99. The zero-order valence-corrected chi connectivity index (χ0v) is 10.8. The minimum absolute atomic E-state index is 0.200. The molecule has 0 radical (unpaired) electrons. The molecule has 1 aliphatic rings. The number of carbonyl (C=O) groups excluding carboxylic acids is 1. The van der Waals surface area contributed by atoms with Crippen LogP contribution in [0.4, 0.5) is 15.8 Å². The number of nitrogen functional groups attached to an aromatic ring is 1. The summed E-state index contributed by atoms with van der Waals surface area (Å²) in [5.41, 5.74) is 14.9. The Morgan fingerprint density at radius 3 is 2.60 bits per heavy atom. The predicted octanol–water partition coefficient (Wildman–Crippen LogP) is 2.03. The van der Waals surface area contributed by atoms with Crippen LogP contribution in [-0.4, -0.2) is 5.91 Å². The molecule has 20 heavy (non-hydrogen) atoms. The largest absolute Gasteiger partial charge is 0.399 e. The van der Waals surface area contributed by atoms with Gasteiger partial charge in [-0.25, -0.2) is 4.39 Å². The van der Waals surface area contributed by atoms with Crippen LogP contribution in [0.3, 0.4) is 0 Å². The van der Waals surface area contributed by atoms with Crippen molar-refractivity contribution in [1.82, 2.24) is 0 Å². The molecule has 0 saturated carbocycles. The van der Waals surface area contributed by atoms with E-state index in [9.17, 15) is 9.18 Å². The van der Waals surface area contributed by atoms with Crippen molar-refractivity contribution in [2.75, 3.05) is 10.6 Å². The summed E-state index contributed by atoms with van der Waals surface area (Å²) in [4.78, 5) is 13.5. The van der Waals surface area contributed by atoms with Gasteiger partial charge in [-0.2, -0.15) is 0 Å². The average molecular weight is 271 g/mol. The van der Waals surface area contributed by atoms with Gasteiger partial charge in [-0.05, 0) is 41.5 Å². The number of rotatable bonds is 2. The number of carbonyl (C=O) groups is 1. The number of hydrogen-bond acceptors (Lipinski definition) is 3. The Hall–Kier alpha value is -2.56. The fourth-order valence-electron chi connectivity index (χ4n) is 2.57. The highest BCUT2D eigenvalue weighted by molar-refractivity contribution is 5.98. The summed E-state index contributed by atoms with van der Waals surface area (Å²) in [6.45, 7) is 1.29. The average Bonchev–Trinajstić information content (AvgIpc) is 2.81. The molecular formula is C15H14FN3O. The lowest BCUT2D eigenvalue weighted by molar-refractivity contribution is 0.100. The molecule has 0 bridgehead atoms. The van der Waals surface area contributed by atoms with Gasteiger partial charge in [0.05, 0.1) is 11.3 Å². The van der Waals surface area contributed by atoms with Gasteiger partial charge in [-0.1, -0.05) is 6.07 Å². The van der Waals surface area contributed by atoms with Crippen molar-refractivity contribution in [3.63, 3.8) is 0 Å². The zero-order valence-electron chi connectivity index (χ0n) is 10.8. The maximum absolute atomic E-state index is 13.3. The van der Waals surface area contributed by atoms with E-state index >= 15 is 0 Å². The molecule has 2 aromatic rings. The summed E-state index contributed by atoms with van der Waals surface area (Å²) in [5, 5.41) is 0. The second-order valence-electron chi connectivity index (χ2n) is 4.91. The number of benzene rings is 2. The van der Waals surface area contributed by atoms with Gasteiger partial charge in [0.25, 0.3) is 5.91 Å². The molecule has 0 spiro atoms. The fourth-order valence-corrected chi connectivity index (χ4v) is 2.57. The number of fused-ring (bicyclic) bond motifs is 1. The van der Waals surface area contributed by atoms with Gasteiger partial charge in [0.15, 0.2) is 0 Å². The van der Waals surface area contributed by atoms with Crippen molar-refractivity contribution < 1.29 is 9.18 Å². The number of halogens is 1. The maximum Gasteiger partial charge on any atom is 0.250 e. The van der Waals surface area contributed by atoms with Gasteiger partial charge in [-0.15, -0.1) is 0 Å². The van der Waals surface area contributed by atoms with Gasteiger partial charge in [0, 0.05) is 18.8 Å². The van der Waals surface area contributed by atoms with E-state index in [-0.39, 0.29) is 5.56 Å². The van der Waals surface area contributed by atoms with Crippen LogP contribution in [0.1, 0.15) is 21.5 Å². The van der Waals surface area contributed by atoms with Crippen LogP contribution in [0, 0.1) is 5.82 Å². The molecule has 0 aromatic heterocycles. The van der Waals surface area contributed by atoms with Crippen LogP contribution in [0.2, 0.25) is 0 Å². The predicted molar refractivity (Wildman–Crippen MR) is 75.7 cm³/mol. The standard InChI is InChI=1S/C15H14FN3O/c16-11-2-4-14(13(6-11)15(18)20)19-7-9-1-3-12(17)5-10(9)8-19/h1-6H,7-8,17H2,(H2,18,20). The first-order valence-electron chi connectivity index (χ1n) is 6.26.